The van der Waals surface area contributed by atoms with E-state index in [9.17, 15) is 0 Å². The van der Waals surface area contributed by atoms with Crippen molar-refractivity contribution < 1.29 is 4.90 Å². The first-order valence-corrected chi connectivity index (χ1v) is 11.1. The highest BCUT2D eigenvalue weighted by Gasteiger charge is 2.23. The van der Waals surface area contributed by atoms with E-state index in [2.05, 4.69) is 82.0 Å². The molecule has 0 bridgehead atoms. The molecule has 0 unspecified atom stereocenters. The summed E-state index contributed by atoms with van der Waals surface area (Å²) in [5.41, 5.74) is 2.66. The molecule has 4 aromatic rings. The fraction of sp³-hybridized carbons (Fsp3) is 0.250. The number of quaternary nitrogens is 1. The SMILES string of the molecule is c1ccc(C[NH+]2CCC(Nc3ncnc4sc(-c5ccccc5)cc34)CC2)cc1. The number of rotatable bonds is 5. The van der Waals surface area contributed by atoms with Crippen molar-refractivity contribution in [2.45, 2.75) is 25.4 Å². The van der Waals surface area contributed by atoms with Crippen LogP contribution in [0.3, 0.4) is 0 Å². The predicted molar refractivity (Wildman–Crippen MR) is 120 cm³/mol. The normalized spacial score (nSPS) is 19.3. The summed E-state index contributed by atoms with van der Waals surface area (Å²) >= 11 is 1.73. The maximum atomic E-state index is 4.57. The Morgan fingerprint density at radius 2 is 1.66 bits per heavy atom. The number of anilines is 1. The van der Waals surface area contributed by atoms with Crippen LogP contribution < -0.4 is 10.2 Å². The van der Waals surface area contributed by atoms with Crippen LogP contribution in [0.2, 0.25) is 0 Å². The Labute approximate surface area is 175 Å². The number of likely N-dealkylation sites (tertiary alicyclic amines) is 1. The van der Waals surface area contributed by atoms with E-state index < -0.39 is 0 Å². The summed E-state index contributed by atoms with van der Waals surface area (Å²) in [6.45, 7) is 3.51. The van der Waals surface area contributed by atoms with Crippen molar-refractivity contribution in [1.29, 1.82) is 0 Å². The van der Waals surface area contributed by atoms with Crippen molar-refractivity contribution >= 4 is 27.4 Å². The third-order valence-electron chi connectivity index (χ3n) is 5.72. The van der Waals surface area contributed by atoms with Gasteiger partial charge in [0.15, 0.2) is 0 Å². The zero-order valence-electron chi connectivity index (χ0n) is 16.3. The van der Waals surface area contributed by atoms with E-state index in [0.717, 1.165) is 22.6 Å². The maximum absolute atomic E-state index is 4.57. The summed E-state index contributed by atoms with van der Waals surface area (Å²) in [4.78, 5) is 13.0. The van der Waals surface area contributed by atoms with Crippen LogP contribution in [-0.2, 0) is 6.54 Å². The molecule has 1 aliphatic rings. The fourth-order valence-electron chi connectivity index (χ4n) is 4.14. The van der Waals surface area contributed by atoms with Crippen molar-refractivity contribution in [3.8, 4) is 10.4 Å². The number of piperidine rings is 1. The first-order chi connectivity index (χ1) is 14.3. The molecular weight excluding hydrogens is 376 g/mol. The average molecular weight is 402 g/mol. The van der Waals surface area contributed by atoms with Crippen molar-refractivity contribution in [3.63, 3.8) is 0 Å². The molecule has 2 aromatic heterocycles. The third-order valence-corrected chi connectivity index (χ3v) is 6.81. The molecule has 2 aromatic carbocycles. The molecule has 5 heteroatoms. The van der Waals surface area contributed by atoms with Crippen molar-refractivity contribution in [2.75, 3.05) is 18.4 Å². The lowest BCUT2D eigenvalue weighted by atomic mass is 10.0. The molecule has 1 aliphatic heterocycles. The Bertz CT molecular complexity index is 1070. The molecule has 0 saturated carbocycles. The van der Waals surface area contributed by atoms with Crippen molar-refractivity contribution in [1.82, 2.24) is 9.97 Å². The number of hydrogen-bond acceptors (Lipinski definition) is 4. The third kappa shape index (κ3) is 4.16. The van der Waals surface area contributed by atoms with Gasteiger partial charge in [-0.3, -0.25) is 0 Å². The average Bonchev–Trinajstić information content (AvgIpc) is 3.22. The van der Waals surface area contributed by atoms with Crippen molar-refractivity contribution in [2.24, 2.45) is 0 Å². The highest BCUT2D eigenvalue weighted by atomic mass is 32.1. The van der Waals surface area contributed by atoms with Crippen LogP contribution in [0.1, 0.15) is 18.4 Å². The lowest BCUT2D eigenvalue weighted by Crippen LogP contribution is -3.12. The molecule has 0 amide bonds. The van der Waals surface area contributed by atoms with E-state index in [-0.39, 0.29) is 0 Å². The molecule has 0 atom stereocenters. The Morgan fingerprint density at radius 3 is 2.41 bits per heavy atom. The minimum atomic E-state index is 0.479. The highest BCUT2D eigenvalue weighted by molar-refractivity contribution is 7.21. The Morgan fingerprint density at radius 1 is 0.931 bits per heavy atom. The van der Waals surface area contributed by atoms with Gasteiger partial charge in [0.1, 0.15) is 23.5 Å². The van der Waals surface area contributed by atoms with Gasteiger partial charge in [-0.15, -0.1) is 11.3 Å². The molecule has 146 valence electrons. The zero-order chi connectivity index (χ0) is 19.5. The maximum Gasteiger partial charge on any atom is 0.138 e. The molecule has 0 radical (unpaired) electrons. The summed E-state index contributed by atoms with van der Waals surface area (Å²) in [5, 5.41) is 4.85. The molecule has 4 nitrogen and oxygen atoms in total. The largest absolute Gasteiger partial charge is 0.366 e. The smallest absolute Gasteiger partial charge is 0.138 e. The minimum Gasteiger partial charge on any atom is -0.366 e. The van der Waals surface area contributed by atoms with E-state index in [1.165, 1.54) is 41.9 Å². The predicted octanol–water partition coefficient (Wildman–Crippen LogP) is 4.02. The first-order valence-electron chi connectivity index (χ1n) is 10.3. The topological polar surface area (TPSA) is 42.2 Å². The van der Waals surface area contributed by atoms with Gasteiger partial charge < -0.3 is 10.2 Å². The van der Waals surface area contributed by atoms with Crippen LogP contribution in [0.15, 0.2) is 73.1 Å². The Balaban J connectivity index is 1.27. The van der Waals surface area contributed by atoms with E-state index >= 15 is 0 Å². The zero-order valence-corrected chi connectivity index (χ0v) is 17.2. The van der Waals surface area contributed by atoms with Crippen molar-refractivity contribution in [3.05, 3.63) is 78.6 Å². The van der Waals surface area contributed by atoms with Crippen LogP contribution in [-0.4, -0.2) is 29.1 Å². The number of aromatic nitrogens is 2. The quantitative estimate of drug-likeness (QED) is 0.531. The molecule has 1 saturated heterocycles. The van der Waals surface area contributed by atoms with E-state index in [1.54, 1.807) is 22.6 Å². The summed E-state index contributed by atoms with van der Waals surface area (Å²) < 4.78 is 0. The molecule has 1 fully saturated rings. The number of nitrogens with one attached hydrogen (secondary N) is 2. The number of nitrogens with zero attached hydrogens (tertiary/aromatic N) is 2. The van der Waals surface area contributed by atoms with E-state index in [0.29, 0.717) is 6.04 Å². The Hall–Kier alpha value is -2.76. The Kier molecular flexibility index (Phi) is 5.24. The fourth-order valence-corrected chi connectivity index (χ4v) is 5.14. The standard InChI is InChI=1S/C24H24N4S/c1-3-7-18(8-4-1)16-28-13-11-20(12-14-28)27-23-21-15-22(19-9-5-2-6-10-19)29-24(21)26-17-25-23/h1-10,15,17,20H,11-14,16H2,(H,25,26,27)/p+1. The minimum absolute atomic E-state index is 0.479. The van der Waals surface area contributed by atoms with Crippen LogP contribution >= 0.6 is 11.3 Å². The van der Waals surface area contributed by atoms with Gasteiger partial charge >= 0.3 is 0 Å². The summed E-state index contributed by atoms with van der Waals surface area (Å²) in [6.07, 6.45) is 4.03. The van der Waals surface area contributed by atoms with Gasteiger partial charge in [0.25, 0.3) is 0 Å². The number of fused-ring (bicyclic) bond motifs is 1. The van der Waals surface area contributed by atoms with Gasteiger partial charge in [-0.2, -0.15) is 0 Å². The summed E-state index contributed by atoms with van der Waals surface area (Å²) in [7, 11) is 0. The second-order valence-corrected chi connectivity index (χ2v) is 8.78. The van der Waals surface area contributed by atoms with Gasteiger partial charge in [0.05, 0.1) is 18.5 Å². The number of thiophene rings is 1. The second kappa shape index (κ2) is 8.31. The van der Waals surface area contributed by atoms with Crippen LogP contribution in [0.4, 0.5) is 5.82 Å². The number of hydrogen-bond donors (Lipinski definition) is 2. The van der Waals surface area contributed by atoms with Gasteiger partial charge in [0.2, 0.25) is 0 Å². The van der Waals surface area contributed by atoms with E-state index in [4.69, 9.17) is 0 Å². The molecule has 0 aliphatic carbocycles. The van der Waals surface area contributed by atoms with Gasteiger partial charge in [0, 0.05) is 29.3 Å². The van der Waals surface area contributed by atoms with Crippen LogP contribution in [0.25, 0.3) is 20.7 Å². The monoisotopic (exact) mass is 401 g/mol. The van der Waals surface area contributed by atoms with Gasteiger partial charge in [-0.1, -0.05) is 60.7 Å². The molecule has 3 heterocycles. The molecule has 5 rings (SSSR count). The molecular formula is C24H25N4S+. The first kappa shape index (κ1) is 18.3. The van der Waals surface area contributed by atoms with Crippen LogP contribution in [0.5, 0.6) is 0 Å². The lowest BCUT2D eigenvalue weighted by Gasteiger charge is -2.30. The molecule has 29 heavy (non-hydrogen) atoms. The number of benzene rings is 2. The summed E-state index contributed by atoms with van der Waals surface area (Å²) in [6, 6.07) is 24.0. The summed E-state index contributed by atoms with van der Waals surface area (Å²) in [5.74, 6) is 0.977. The highest BCUT2D eigenvalue weighted by Crippen LogP contribution is 2.35. The lowest BCUT2D eigenvalue weighted by molar-refractivity contribution is -0.918. The molecule has 0 spiro atoms. The van der Waals surface area contributed by atoms with Crippen LogP contribution in [0, 0.1) is 0 Å². The van der Waals surface area contributed by atoms with E-state index in [1.807, 2.05) is 0 Å². The second-order valence-electron chi connectivity index (χ2n) is 7.75. The molecule has 2 N–H and O–H groups in total. The van der Waals surface area contributed by atoms with Gasteiger partial charge in [-0.05, 0) is 11.6 Å². The van der Waals surface area contributed by atoms with Gasteiger partial charge in [-0.25, -0.2) is 9.97 Å².